The summed E-state index contributed by atoms with van der Waals surface area (Å²) in [6.45, 7) is 2.70. The zero-order valence-corrected chi connectivity index (χ0v) is 14.7. The first-order valence-corrected chi connectivity index (χ1v) is 7.99. The van der Waals surface area contributed by atoms with Crippen molar-refractivity contribution in [2.45, 2.75) is 20.0 Å². The van der Waals surface area contributed by atoms with Crippen molar-refractivity contribution in [3.63, 3.8) is 0 Å². The lowest BCUT2D eigenvalue weighted by molar-refractivity contribution is -0.137. The van der Waals surface area contributed by atoms with Crippen LogP contribution in [0, 0.1) is 13.8 Å². The molecule has 0 aliphatic carbocycles. The second-order valence-corrected chi connectivity index (χ2v) is 5.85. The number of aryl methyl sites for hydroxylation is 2. The third-order valence-corrected chi connectivity index (χ3v) is 3.64. The molecule has 28 heavy (non-hydrogen) atoms. The van der Waals surface area contributed by atoms with Gasteiger partial charge in [0.15, 0.2) is 6.61 Å². The van der Waals surface area contributed by atoms with Crippen molar-refractivity contribution in [1.82, 2.24) is 19.6 Å². The number of carbonyl (C=O) groups excluding carboxylic acids is 2. The number of alkyl halides is 3. The second-order valence-electron chi connectivity index (χ2n) is 5.85. The van der Waals surface area contributed by atoms with Crippen LogP contribution in [0.2, 0.25) is 0 Å². The van der Waals surface area contributed by atoms with E-state index in [9.17, 15) is 22.8 Å². The molecule has 0 aliphatic rings. The first-order valence-electron chi connectivity index (χ1n) is 7.99. The van der Waals surface area contributed by atoms with Gasteiger partial charge in [-0.1, -0.05) is 12.1 Å². The minimum Gasteiger partial charge on any atom is -0.450 e. The second kappa shape index (κ2) is 7.25. The number of halogens is 3. The Morgan fingerprint density at radius 1 is 1.18 bits per heavy atom. The number of fused-ring (bicyclic) bond motifs is 1. The van der Waals surface area contributed by atoms with Crippen molar-refractivity contribution < 1.29 is 27.5 Å². The zero-order chi connectivity index (χ0) is 20.5. The number of hydrogen-bond acceptors (Lipinski definition) is 6. The SMILES string of the molecule is Cc1cc(C)n2nc(C(=O)OCC(=O)Nc3ccccc3C(F)(F)F)nc2n1. The predicted octanol–water partition coefficient (Wildman–Crippen LogP) is 2.56. The molecular formula is C17H14F3N5O3. The average Bonchev–Trinajstić information content (AvgIpc) is 3.03. The van der Waals surface area contributed by atoms with E-state index in [0.717, 1.165) is 12.1 Å². The molecule has 0 spiro atoms. The number of anilines is 1. The van der Waals surface area contributed by atoms with E-state index in [0.29, 0.717) is 11.4 Å². The molecule has 0 saturated carbocycles. The molecule has 146 valence electrons. The lowest BCUT2D eigenvalue weighted by Crippen LogP contribution is -2.23. The van der Waals surface area contributed by atoms with Crippen LogP contribution in [0.5, 0.6) is 0 Å². The maximum absolute atomic E-state index is 12.9. The quantitative estimate of drug-likeness (QED) is 0.684. The Morgan fingerprint density at radius 3 is 2.61 bits per heavy atom. The molecule has 1 N–H and O–H groups in total. The predicted molar refractivity (Wildman–Crippen MR) is 90.6 cm³/mol. The first-order chi connectivity index (χ1) is 13.1. The molecule has 3 rings (SSSR count). The molecule has 1 amide bonds. The number of nitrogens with zero attached hydrogens (tertiary/aromatic N) is 4. The molecule has 2 aromatic heterocycles. The van der Waals surface area contributed by atoms with Crippen molar-refractivity contribution in [3.8, 4) is 0 Å². The number of rotatable bonds is 4. The van der Waals surface area contributed by atoms with Gasteiger partial charge >= 0.3 is 12.1 Å². The fraction of sp³-hybridized carbons (Fsp3) is 0.235. The Labute approximate surface area is 156 Å². The molecule has 11 heteroatoms. The van der Waals surface area contributed by atoms with E-state index in [1.54, 1.807) is 19.9 Å². The van der Waals surface area contributed by atoms with Crippen LogP contribution in [0.3, 0.4) is 0 Å². The van der Waals surface area contributed by atoms with E-state index in [1.807, 2.05) is 0 Å². The van der Waals surface area contributed by atoms with Crippen LogP contribution in [0.4, 0.5) is 18.9 Å². The number of esters is 1. The topological polar surface area (TPSA) is 98.5 Å². The van der Waals surface area contributed by atoms with Gasteiger partial charge in [0.05, 0.1) is 11.3 Å². The fourth-order valence-electron chi connectivity index (χ4n) is 2.47. The van der Waals surface area contributed by atoms with Crippen LogP contribution in [-0.2, 0) is 15.7 Å². The molecule has 0 saturated heterocycles. The molecule has 1 aromatic carbocycles. The molecule has 8 nitrogen and oxygen atoms in total. The summed E-state index contributed by atoms with van der Waals surface area (Å²) in [5, 5.41) is 6.02. The third-order valence-electron chi connectivity index (χ3n) is 3.64. The number of nitrogens with one attached hydrogen (secondary N) is 1. The number of benzene rings is 1. The van der Waals surface area contributed by atoms with Crippen molar-refractivity contribution in [2.75, 3.05) is 11.9 Å². The van der Waals surface area contributed by atoms with Gasteiger partial charge in [0.1, 0.15) is 0 Å². The van der Waals surface area contributed by atoms with E-state index < -0.39 is 35.9 Å². The van der Waals surface area contributed by atoms with Gasteiger partial charge in [-0.2, -0.15) is 18.2 Å². The van der Waals surface area contributed by atoms with Crippen LogP contribution < -0.4 is 5.32 Å². The highest BCUT2D eigenvalue weighted by molar-refractivity contribution is 5.95. The highest BCUT2D eigenvalue weighted by Gasteiger charge is 2.33. The van der Waals surface area contributed by atoms with Crippen LogP contribution >= 0.6 is 0 Å². The van der Waals surface area contributed by atoms with E-state index in [2.05, 4.69) is 20.4 Å². The molecule has 0 fully saturated rings. The minimum absolute atomic E-state index is 0.188. The standard InChI is InChI=1S/C17H14F3N5O3/c1-9-7-10(2)25-16(21-9)23-14(24-25)15(27)28-8-13(26)22-12-6-4-3-5-11(12)17(18,19)20/h3-7H,8H2,1-2H3,(H,22,26). The van der Waals surface area contributed by atoms with Crippen LogP contribution in [-0.4, -0.2) is 38.1 Å². The van der Waals surface area contributed by atoms with Gasteiger partial charge in [0, 0.05) is 11.4 Å². The van der Waals surface area contributed by atoms with Gasteiger partial charge in [0.2, 0.25) is 0 Å². The molecule has 0 bridgehead atoms. The summed E-state index contributed by atoms with van der Waals surface area (Å²) in [5.41, 5.74) is -0.0682. The summed E-state index contributed by atoms with van der Waals surface area (Å²) >= 11 is 0. The average molecular weight is 393 g/mol. The number of carbonyl (C=O) groups is 2. The summed E-state index contributed by atoms with van der Waals surface area (Å²) < 4.78 is 44.9. The van der Waals surface area contributed by atoms with Gasteiger partial charge in [-0.15, -0.1) is 5.10 Å². The summed E-state index contributed by atoms with van der Waals surface area (Å²) in [5.74, 6) is -2.06. The third kappa shape index (κ3) is 4.08. The smallest absolute Gasteiger partial charge is 0.418 e. The maximum atomic E-state index is 12.9. The highest BCUT2D eigenvalue weighted by Crippen LogP contribution is 2.34. The number of ether oxygens (including phenoxy) is 1. The Morgan fingerprint density at radius 2 is 1.89 bits per heavy atom. The molecule has 3 aromatic rings. The Balaban J connectivity index is 1.67. The normalized spacial score (nSPS) is 11.5. The van der Waals surface area contributed by atoms with Gasteiger partial charge in [-0.3, -0.25) is 4.79 Å². The zero-order valence-electron chi connectivity index (χ0n) is 14.7. The van der Waals surface area contributed by atoms with Crippen LogP contribution in [0.25, 0.3) is 5.78 Å². The Bertz CT molecular complexity index is 1060. The molecule has 0 unspecified atom stereocenters. The van der Waals surface area contributed by atoms with Crippen molar-refractivity contribution in [2.24, 2.45) is 0 Å². The van der Waals surface area contributed by atoms with Crippen molar-refractivity contribution in [1.29, 1.82) is 0 Å². The van der Waals surface area contributed by atoms with Crippen LogP contribution in [0.1, 0.15) is 27.6 Å². The highest BCUT2D eigenvalue weighted by atomic mass is 19.4. The van der Waals surface area contributed by atoms with Gasteiger partial charge < -0.3 is 10.1 Å². The number of amides is 1. The van der Waals surface area contributed by atoms with Crippen molar-refractivity contribution >= 4 is 23.3 Å². The van der Waals surface area contributed by atoms with Gasteiger partial charge in [0.25, 0.3) is 17.5 Å². The van der Waals surface area contributed by atoms with E-state index in [-0.39, 0.29) is 11.6 Å². The summed E-state index contributed by atoms with van der Waals surface area (Å²) in [7, 11) is 0. The molecule has 0 radical (unpaired) electrons. The minimum atomic E-state index is -4.63. The molecule has 0 aliphatic heterocycles. The van der Waals surface area contributed by atoms with Crippen molar-refractivity contribution in [3.05, 3.63) is 53.1 Å². The molecule has 2 heterocycles. The molecular weight excluding hydrogens is 379 g/mol. The lowest BCUT2D eigenvalue weighted by Gasteiger charge is -2.13. The Kier molecular flexibility index (Phi) is 4.99. The number of para-hydroxylation sites is 1. The van der Waals surface area contributed by atoms with Crippen LogP contribution in [0.15, 0.2) is 30.3 Å². The van der Waals surface area contributed by atoms with E-state index in [1.165, 1.54) is 16.6 Å². The monoisotopic (exact) mass is 393 g/mol. The fourth-order valence-corrected chi connectivity index (χ4v) is 2.47. The summed E-state index contributed by atoms with van der Waals surface area (Å²) in [4.78, 5) is 32.0. The van der Waals surface area contributed by atoms with Gasteiger partial charge in [-0.05, 0) is 32.0 Å². The first kappa shape index (κ1) is 19.3. The molecule has 0 atom stereocenters. The van der Waals surface area contributed by atoms with Gasteiger partial charge in [-0.25, -0.2) is 14.3 Å². The number of hydrogen-bond donors (Lipinski definition) is 1. The maximum Gasteiger partial charge on any atom is 0.418 e. The summed E-state index contributed by atoms with van der Waals surface area (Å²) in [6, 6.07) is 6.21. The number of aromatic nitrogens is 4. The summed E-state index contributed by atoms with van der Waals surface area (Å²) in [6.07, 6.45) is -4.63. The van der Waals surface area contributed by atoms with E-state index in [4.69, 9.17) is 4.74 Å². The Hall–Kier alpha value is -3.50. The van der Waals surface area contributed by atoms with E-state index >= 15 is 0 Å². The lowest BCUT2D eigenvalue weighted by atomic mass is 10.1. The largest absolute Gasteiger partial charge is 0.450 e.